The Morgan fingerprint density at radius 1 is 0.529 bits per heavy atom. The van der Waals surface area contributed by atoms with Gasteiger partial charge in [0.05, 0.1) is 5.71 Å². The predicted octanol–water partition coefficient (Wildman–Crippen LogP) is 5.61. The van der Waals surface area contributed by atoms with Gasteiger partial charge in [0, 0.05) is 34.6 Å². The maximum Gasteiger partial charge on any atom is 0.325 e. The molecule has 0 saturated carbocycles. The van der Waals surface area contributed by atoms with E-state index in [0.29, 0.717) is 28.0 Å². The second-order valence-electron chi connectivity index (χ2n) is 9.80. The number of hydrogen-bond donors (Lipinski definition) is 5. The fourth-order valence-electron chi connectivity index (χ4n) is 3.91. The van der Waals surface area contributed by atoms with Crippen molar-refractivity contribution in [3.8, 4) is 0 Å². The highest BCUT2D eigenvalue weighted by Gasteiger charge is 2.11. The quantitative estimate of drug-likeness (QED) is 0.0652. The first-order chi connectivity index (χ1) is 23.4. The molecule has 6 aromatic rings. The minimum atomic E-state index is -0.666. The molecule has 6 N–H and O–H groups in total. The molecule has 0 aliphatic carbocycles. The molecule has 2 heterocycles. The first kappa shape index (κ1) is 41.0. The van der Waals surface area contributed by atoms with Gasteiger partial charge >= 0.3 is 11.4 Å². The van der Waals surface area contributed by atoms with Crippen LogP contribution < -0.4 is 28.2 Å². The number of aromatic nitrogens is 4. The number of benzene rings is 4. The van der Waals surface area contributed by atoms with Crippen LogP contribution >= 0.6 is 24.0 Å². The number of carbonyl (C=O) groups excluding carboxylic acids is 1. The fourth-order valence-corrected chi connectivity index (χ4v) is 3.91. The molecule has 0 saturated heterocycles. The van der Waals surface area contributed by atoms with Gasteiger partial charge in [0.1, 0.15) is 34.6 Å². The third-order valence-corrected chi connectivity index (χ3v) is 6.33. The number of hydrogen-bond acceptors (Lipinski definition) is 7. The van der Waals surface area contributed by atoms with Crippen molar-refractivity contribution in [3.05, 3.63) is 197 Å². The third kappa shape index (κ3) is 12.0. The van der Waals surface area contributed by atoms with Crippen molar-refractivity contribution < 1.29 is 22.4 Å². The van der Waals surface area contributed by atoms with E-state index in [1.807, 2.05) is 4.98 Å². The number of nitrogens with two attached hydrogens (primary N) is 1. The number of nitrogens with one attached hydrogen (secondary N) is 4. The second-order valence-corrected chi connectivity index (χ2v) is 9.80. The average molecular weight is 817 g/mol. The third-order valence-electron chi connectivity index (χ3n) is 6.33. The van der Waals surface area contributed by atoms with Crippen LogP contribution in [0.3, 0.4) is 0 Å². The lowest BCUT2D eigenvalue weighted by molar-refractivity contribution is 0.103. The van der Waals surface area contributed by atoms with E-state index in [0.717, 1.165) is 6.20 Å². The van der Waals surface area contributed by atoms with E-state index in [2.05, 4.69) is 19.9 Å². The van der Waals surface area contributed by atoms with Crippen molar-refractivity contribution in [2.24, 2.45) is 4.99 Å². The molecule has 16 heteroatoms. The maximum absolute atomic E-state index is 13.2. The van der Waals surface area contributed by atoms with Crippen LogP contribution in [-0.2, 0) is 0 Å². The summed E-state index contributed by atoms with van der Waals surface area (Å²) in [5.41, 5.74) is 4.81. The smallest absolute Gasteiger partial charge is 0.325 e. The van der Waals surface area contributed by atoms with E-state index in [-0.39, 0.29) is 48.6 Å². The van der Waals surface area contributed by atoms with Gasteiger partial charge in [0.15, 0.2) is 5.78 Å². The molecule has 2 aromatic heterocycles. The summed E-state index contributed by atoms with van der Waals surface area (Å²) < 4.78 is 51.6. The van der Waals surface area contributed by atoms with E-state index in [1.165, 1.54) is 103 Å². The Morgan fingerprint density at radius 3 is 1.20 bits per heavy atom. The summed E-state index contributed by atoms with van der Waals surface area (Å²) in [6.07, 6.45) is 2.33. The van der Waals surface area contributed by atoms with Gasteiger partial charge in [0.2, 0.25) is 0 Å². The van der Waals surface area contributed by atoms with E-state index in [1.54, 1.807) is 0 Å². The lowest BCUT2D eigenvalue weighted by Crippen LogP contribution is -2.23. The first-order valence-corrected chi connectivity index (χ1v) is 14.0. The molecule has 6 rings (SSSR count). The molecule has 0 amide bonds. The predicted molar refractivity (Wildman–Crippen MR) is 196 cm³/mol. The van der Waals surface area contributed by atoms with Crippen molar-refractivity contribution in [2.45, 2.75) is 7.43 Å². The number of carbonyl (C=O) groups is 1. The highest BCUT2D eigenvalue weighted by atomic mass is 127. The molecule has 0 radical (unpaired) electrons. The van der Waals surface area contributed by atoms with Gasteiger partial charge < -0.3 is 15.7 Å². The van der Waals surface area contributed by atoms with Crippen molar-refractivity contribution >= 4 is 46.8 Å². The molecule has 0 spiro atoms. The maximum atomic E-state index is 13.2. The largest absolute Gasteiger partial charge is 0.393 e. The van der Waals surface area contributed by atoms with Crippen LogP contribution in [0.5, 0.6) is 0 Å². The van der Waals surface area contributed by atoms with E-state index in [9.17, 15) is 41.5 Å². The number of ketones is 1. The minimum absolute atomic E-state index is 0. The van der Waals surface area contributed by atoms with Crippen molar-refractivity contribution in [1.29, 1.82) is 0 Å². The summed E-state index contributed by atoms with van der Waals surface area (Å²) in [5, 5.41) is 0. The van der Waals surface area contributed by atoms with Crippen molar-refractivity contribution in [2.75, 3.05) is 5.73 Å². The lowest BCUT2D eigenvalue weighted by Gasteiger charge is -2.07. The number of halogens is 5. The van der Waals surface area contributed by atoms with Crippen LogP contribution in [0.15, 0.2) is 134 Å². The summed E-state index contributed by atoms with van der Waals surface area (Å²) in [6, 6.07) is 21.5. The van der Waals surface area contributed by atoms with Gasteiger partial charge in [-0.1, -0.05) is 7.43 Å². The fraction of sp³-hybridized carbons (Fsp3) is 0.0286. The number of aliphatic imine (C=N–C) groups is 1. The number of rotatable bonds is 5. The monoisotopic (exact) mass is 816 g/mol. The SMILES string of the molecule is C.I.Nc1c[nH]c(=O)[nH]c1=O.O=C(c1ccc(F)cc1)c1ccc(F)cc1.O=c1[nH]cc(N=C(c2ccc(F)cc2)c2ccc(F)cc2)c(=O)[nH]1. The Labute approximate surface area is 303 Å². The Bertz CT molecular complexity index is 2230. The molecule has 0 bridgehead atoms. The Balaban J connectivity index is 0.000000288. The zero-order valence-electron chi connectivity index (χ0n) is 25.4. The molecule has 0 fully saturated rings. The summed E-state index contributed by atoms with van der Waals surface area (Å²) in [5.74, 6) is -1.87. The van der Waals surface area contributed by atoms with Crippen LogP contribution in [0.25, 0.3) is 0 Å². The van der Waals surface area contributed by atoms with Crippen molar-refractivity contribution in [1.82, 2.24) is 19.9 Å². The summed E-state index contributed by atoms with van der Waals surface area (Å²) in [6.45, 7) is 0. The van der Waals surface area contributed by atoms with Crippen LogP contribution in [-0.4, -0.2) is 31.4 Å². The standard InChI is InChI=1S/C17H11F2N3O2.C13H8F2O.C4H5N3O2.CH4.HI/c18-12-5-1-10(2-6-12)15(11-3-7-13(19)8-4-11)21-14-9-20-17(24)22-16(14)23;14-11-5-1-9(2-6-11)13(16)10-3-7-12(15)8-4-10;5-2-1-6-4(9)7-3(2)8;;/h1-9H,(H2,20,22,23,24);1-8H;1H,5H2,(H2,6,7,8,9);1H4;1H. The first-order valence-electron chi connectivity index (χ1n) is 14.0. The molecular weight excluding hydrogens is 787 g/mol. The number of aromatic amines is 4. The molecule has 4 aromatic carbocycles. The zero-order chi connectivity index (χ0) is 35.5. The number of H-pyrrole nitrogens is 4. The van der Waals surface area contributed by atoms with Crippen LogP contribution in [0.1, 0.15) is 34.5 Å². The minimum Gasteiger partial charge on any atom is -0.393 e. The summed E-state index contributed by atoms with van der Waals surface area (Å²) >= 11 is 0. The average Bonchev–Trinajstić information content (AvgIpc) is 3.08. The van der Waals surface area contributed by atoms with Gasteiger partial charge in [-0.25, -0.2) is 32.1 Å². The molecule has 11 nitrogen and oxygen atoms in total. The molecular formula is C35H29F4IN6O5. The molecule has 0 unspecified atom stereocenters. The van der Waals surface area contributed by atoms with Gasteiger partial charge in [0.25, 0.3) is 11.1 Å². The lowest BCUT2D eigenvalue weighted by atomic mass is 10.0. The van der Waals surface area contributed by atoms with E-state index >= 15 is 0 Å². The molecule has 264 valence electrons. The van der Waals surface area contributed by atoms with Gasteiger partial charge in [-0.15, -0.1) is 24.0 Å². The highest BCUT2D eigenvalue weighted by molar-refractivity contribution is 14.0. The van der Waals surface area contributed by atoms with Crippen LogP contribution in [0, 0.1) is 23.3 Å². The number of nitrogens with zero attached hydrogens (tertiary/aromatic N) is 1. The Hall–Kier alpha value is -6.17. The van der Waals surface area contributed by atoms with E-state index in [4.69, 9.17) is 5.73 Å². The van der Waals surface area contributed by atoms with E-state index < -0.39 is 45.8 Å². The van der Waals surface area contributed by atoms with Gasteiger partial charge in [-0.2, -0.15) is 0 Å². The van der Waals surface area contributed by atoms with Gasteiger partial charge in [-0.05, 0) is 97.1 Å². The normalized spacial score (nSPS) is 9.73. The molecule has 0 aliphatic rings. The summed E-state index contributed by atoms with van der Waals surface area (Å²) in [7, 11) is 0. The number of anilines is 1. The Morgan fingerprint density at radius 2 is 0.863 bits per heavy atom. The van der Waals surface area contributed by atoms with Crippen molar-refractivity contribution in [3.63, 3.8) is 0 Å². The van der Waals surface area contributed by atoms with Gasteiger partial charge in [-0.3, -0.25) is 24.4 Å². The molecule has 51 heavy (non-hydrogen) atoms. The Kier molecular flexibility index (Phi) is 15.4. The topological polar surface area (TPSA) is 187 Å². The number of nitrogen functional groups attached to an aromatic ring is 1. The molecule has 0 aliphatic heterocycles. The zero-order valence-corrected chi connectivity index (χ0v) is 27.7. The molecule has 0 atom stereocenters. The second kappa shape index (κ2) is 19.1. The van der Waals surface area contributed by atoms with Crippen LogP contribution in [0.2, 0.25) is 0 Å². The highest BCUT2D eigenvalue weighted by Crippen LogP contribution is 2.16. The summed E-state index contributed by atoms with van der Waals surface area (Å²) in [4.78, 5) is 68.3. The van der Waals surface area contributed by atoms with Crippen LogP contribution in [0.4, 0.5) is 28.9 Å².